The van der Waals surface area contributed by atoms with Gasteiger partial charge in [0.05, 0.1) is 5.52 Å². The van der Waals surface area contributed by atoms with E-state index in [9.17, 15) is 9.50 Å². The topological polar surface area (TPSA) is 38.0 Å². The van der Waals surface area contributed by atoms with Gasteiger partial charge < -0.3 is 5.11 Å². The summed E-state index contributed by atoms with van der Waals surface area (Å²) in [4.78, 5) is 0. The van der Waals surface area contributed by atoms with Crippen LogP contribution in [0.2, 0.25) is 0 Å². The summed E-state index contributed by atoms with van der Waals surface area (Å²) in [6.07, 6.45) is 0. The van der Waals surface area contributed by atoms with Gasteiger partial charge in [0.2, 0.25) is 0 Å². The van der Waals surface area contributed by atoms with Crippen LogP contribution in [0.25, 0.3) is 10.9 Å². The molecule has 0 radical (unpaired) electrons. The lowest BCUT2D eigenvalue weighted by atomic mass is 10.2. The molecule has 68 valence electrons. The fraction of sp³-hybridized carbons (Fsp3) is 0.222. The Morgan fingerprint density at radius 2 is 2.31 bits per heavy atom. The van der Waals surface area contributed by atoms with Gasteiger partial charge in [-0.1, -0.05) is 0 Å². The van der Waals surface area contributed by atoms with Crippen LogP contribution in [0.1, 0.15) is 5.69 Å². The Kier molecular flexibility index (Phi) is 1.69. The van der Waals surface area contributed by atoms with Crippen molar-refractivity contribution in [2.75, 3.05) is 0 Å². The summed E-state index contributed by atoms with van der Waals surface area (Å²) in [5, 5.41) is 13.9. The van der Waals surface area contributed by atoms with Crippen LogP contribution >= 0.6 is 0 Å². The van der Waals surface area contributed by atoms with Crippen molar-refractivity contribution in [3.8, 4) is 5.75 Å². The van der Waals surface area contributed by atoms with Crippen molar-refractivity contribution in [3.05, 3.63) is 23.9 Å². The number of fused-ring (bicyclic) bond motifs is 1. The monoisotopic (exact) mass is 180 g/mol. The van der Waals surface area contributed by atoms with Gasteiger partial charge in [-0.05, 0) is 18.2 Å². The van der Waals surface area contributed by atoms with Gasteiger partial charge in [0.25, 0.3) is 0 Å². The third-order valence-electron chi connectivity index (χ3n) is 2.04. The van der Waals surface area contributed by atoms with Crippen molar-refractivity contribution in [1.29, 1.82) is 0 Å². The van der Waals surface area contributed by atoms with E-state index in [1.54, 1.807) is 23.9 Å². The molecule has 0 bridgehead atoms. The van der Waals surface area contributed by atoms with Crippen molar-refractivity contribution in [2.45, 2.75) is 6.67 Å². The number of aromatic hydroxyl groups is 1. The van der Waals surface area contributed by atoms with Crippen molar-refractivity contribution >= 4 is 10.9 Å². The zero-order chi connectivity index (χ0) is 9.42. The lowest BCUT2D eigenvalue weighted by molar-refractivity contribution is 0.472. The number of rotatable bonds is 1. The zero-order valence-electron chi connectivity index (χ0n) is 7.16. The normalized spacial score (nSPS) is 10.9. The number of benzene rings is 1. The second-order valence-electron chi connectivity index (χ2n) is 2.91. The van der Waals surface area contributed by atoms with Crippen molar-refractivity contribution < 1.29 is 9.50 Å². The van der Waals surface area contributed by atoms with E-state index in [0.29, 0.717) is 11.1 Å². The van der Waals surface area contributed by atoms with Gasteiger partial charge in [-0.25, -0.2) is 4.39 Å². The van der Waals surface area contributed by atoms with E-state index in [0.717, 1.165) is 5.52 Å². The van der Waals surface area contributed by atoms with Gasteiger partial charge in [-0.2, -0.15) is 5.10 Å². The van der Waals surface area contributed by atoms with Crippen LogP contribution in [-0.2, 0) is 13.7 Å². The number of nitrogens with zero attached hydrogens (tertiary/aromatic N) is 2. The van der Waals surface area contributed by atoms with Crippen LogP contribution in [0.3, 0.4) is 0 Å². The first kappa shape index (κ1) is 8.04. The predicted octanol–water partition coefficient (Wildman–Crippen LogP) is 1.75. The molecular weight excluding hydrogens is 171 g/mol. The van der Waals surface area contributed by atoms with E-state index < -0.39 is 6.67 Å². The van der Waals surface area contributed by atoms with Gasteiger partial charge in [0, 0.05) is 12.4 Å². The minimum Gasteiger partial charge on any atom is -0.508 e. The molecular formula is C9H9FN2O. The molecule has 0 unspecified atom stereocenters. The number of phenolic OH excluding ortho intramolecular Hbond substituents is 1. The number of aryl methyl sites for hydroxylation is 1. The molecule has 0 fully saturated rings. The second-order valence-corrected chi connectivity index (χ2v) is 2.91. The maximum Gasteiger partial charge on any atom is 0.134 e. The molecule has 0 amide bonds. The third kappa shape index (κ3) is 1.14. The van der Waals surface area contributed by atoms with Crippen LogP contribution in [0.15, 0.2) is 18.2 Å². The summed E-state index contributed by atoms with van der Waals surface area (Å²) >= 11 is 0. The molecule has 2 aromatic rings. The summed E-state index contributed by atoms with van der Waals surface area (Å²) in [5.41, 5.74) is 1.19. The smallest absolute Gasteiger partial charge is 0.134 e. The summed E-state index contributed by atoms with van der Waals surface area (Å²) in [5.74, 6) is 0.134. The Balaban J connectivity index is 2.81. The second kappa shape index (κ2) is 2.73. The Hall–Kier alpha value is -1.58. The Morgan fingerprint density at radius 1 is 1.54 bits per heavy atom. The number of halogens is 1. The molecule has 0 aliphatic carbocycles. The number of hydrogen-bond donors (Lipinski definition) is 1. The van der Waals surface area contributed by atoms with Crippen molar-refractivity contribution in [2.24, 2.45) is 7.05 Å². The molecule has 0 saturated heterocycles. The number of phenols is 1. The number of hydrogen-bond acceptors (Lipinski definition) is 2. The Labute approximate surface area is 74.4 Å². The predicted molar refractivity (Wildman–Crippen MR) is 47.2 cm³/mol. The highest BCUT2D eigenvalue weighted by molar-refractivity contribution is 5.83. The van der Waals surface area contributed by atoms with E-state index in [1.165, 1.54) is 6.07 Å². The average Bonchev–Trinajstić information content (AvgIpc) is 2.42. The SMILES string of the molecule is Cn1nc(CF)c2cc(O)ccc21. The highest BCUT2D eigenvalue weighted by Crippen LogP contribution is 2.22. The summed E-state index contributed by atoms with van der Waals surface area (Å²) in [6.45, 7) is -0.610. The first-order chi connectivity index (χ1) is 6.22. The molecule has 1 heterocycles. The van der Waals surface area contributed by atoms with E-state index >= 15 is 0 Å². The van der Waals surface area contributed by atoms with E-state index in [4.69, 9.17) is 0 Å². The number of alkyl halides is 1. The van der Waals surface area contributed by atoms with E-state index in [1.807, 2.05) is 0 Å². The highest BCUT2D eigenvalue weighted by atomic mass is 19.1. The Bertz CT molecular complexity index is 450. The quantitative estimate of drug-likeness (QED) is 0.726. The van der Waals surface area contributed by atoms with Gasteiger partial charge in [-0.15, -0.1) is 0 Å². The molecule has 0 saturated carbocycles. The molecule has 0 aliphatic rings. The molecule has 13 heavy (non-hydrogen) atoms. The molecule has 1 aromatic carbocycles. The summed E-state index contributed by atoms with van der Waals surface area (Å²) in [7, 11) is 1.75. The van der Waals surface area contributed by atoms with Crippen LogP contribution in [-0.4, -0.2) is 14.9 Å². The molecule has 1 aromatic heterocycles. The lowest BCUT2D eigenvalue weighted by Gasteiger charge is -1.93. The number of aromatic nitrogens is 2. The van der Waals surface area contributed by atoms with Crippen LogP contribution in [0.4, 0.5) is 4.39 Å². The van der Waals surface area contributed by atoms with Gasteiger partial charge in [0.1, 0.15) is 18.1 Å². The highest BCUT2D eigenvalue weighted by Gasteiger charge is 2.07. The van der Waals surface area contributed by atoms with Crippen molar-refractivity contribution in [3.63, 3.8) is 0 Å². The lowest BCUT2D eigenvalue weighted by Crippen LogP contribution is -1.89. The third-order valence-corrected chi connectivity index (χ3v) is 2.04. The first-order valence-corrected chi connectivity index (χ1v) is 3.93. The molecule has 0 spiro atoms. The summed E-state index contributed by atoms with van der Waals surface area (Å²) < 4.78 is 14.0. The minimum absolute atomic E-state index is 0.134. The standard InChI is InChI=1S/C9H9FN2O/c1-12-9-3-2-6(13)4-7(9)8(5-10)11-12/h2-4,13H,5H2,1H3. The van der Waals surface area contributed by atoms with Crippen LogP contribution < -0.4 is 0 Å². The molecule has 4 heteroatoms. The van der Waals surface area contributed by atoms with Crippen LogP contribution in [0.5, 0.6) is 5.75 Å². The molecule has 1 N–H and O–H groups in total. The maximum absolute atomic E-state index is 12.4. The first-order valence-electron chi connectivity index (χ1n) is 3.93. The summed E-state index contributed by atoms with van der Waals surface area (Å²) in [6, 6.07) is 4.81. The fourth-order valence-corrected chi connectivity index (χ4v) is 1.42. The van der Waals surface area contributed by atoms with E-state index in [-0.39, 0.29) is 5.75 Å². The largest absolute Gasteiger partial charge is 0.508 e. The van der Waals surface area contributed by atoms with Crippen LogP contribution in [0, 0.1) is 0 Å². The maximum atomic E-state index is 12.4. The van der Waals surface area contributed by atoms with Gasteiger partial charge >= 0.3 is 0 Å². The fourth-order valence-electron chi connectivity index (χ4n) is 1.42. The minimum atomic E-state index is -0.610. The average molecular weight is 180 g/mol. The van der Waals surface area contributed by atoms with Gasteiger partial charge in [-0.3, -0.25) is 4.68 Å². The molecule has 3 nitrogen and oxygen atoms in total. The Morgan fingerprint density at radius 3 is 3.00 bits per heavy atom. The molecule has 0 atom stereocenters. The zero-order valence-corrected chi connectivity index (χ0v) is 7.16. The molecule has 2 rings (SSSR count). The van der Waals surface area contributed by atoms with Gasteiger partial charge in [0.15, 0.2) is 0 Å². The molecule has 0 aliphatic heterocycles. The van der Waals surface area contributed by atoms with E-state index in [2.05, 4.69) is 5.10 Å². The van der Waals surface area contributed by atoms with Crippen molar-refractivity contribution in [1.82, 2.24) is 9.78 Å².